The van der Waals surface area contributed by atoms with Gasteiger partial charge in [-0.1, -0.05) is 26.8 Å². The zero-order valence-corrected chi connectivity index (χ0v) is 13.3. The summed E-state index contributed by atoms with van der Waals surface area (Å²) >= 11 is 1.79. The fourth-order valence-electron chi connectivity index (χ4n) is 1.77. The Labute approximate surface area is 124 Å². The van der Waals surface area contributed by atoms with Gasteiger partial charge in [-0.05, 0) is 17.9 Å². The normalized spacial score (nSPS) is 11.4. The molecule has 0 aliphatic carbocycles. The molecule has 108 valence electrons. The highest BCUT2D eigenvalue weighted by atomic mass is 32.1. The van der Waals surface area contributed by atoms with Crippen molar-refractivity contribution < 1.29 is 0 Å². The molecule has 2 N–H and O–H groups in total. The molecule has 4 nitrogen and oxygen atoms in total. The lowest BCUT2D eigenvalue weighted by atomic mass is 9.96. The molecule has 0 fully saturated rings. The Morgan fingerprint density at radius 3 is 2.55 bits per heavy atom. The maximum atomic E-state index is 4.61. The molecule has 0 saturated carbocycles. The molecule has 0 bridgehead atoms. The van der Waals surface area contributed by atoms with Crippen LogP contribution in [-0.2, 0) is 11.8 Å². The molecule has 0 atom stereocenters. The smallest absolute Gasteiger partial charge is 0.138 e. The van der Waals surface area contributed by atoms with Crippen molar-refractivity contribution in [2.75, 3.05) is 24.2 Å². The van der Waals surface area contributed by atoms with E-state index in [-0.39, 0.29) is 5.41 Å². The van der Waals surface area contributed by atoms with Gasteiger partial charge in [0.25, 0.3) is 0 Å². The summed E-state index contributed by atoms with van der Waals surface area (Å²) in [5, 5.41) is 8.59. The third-order valence-electron chi connectivity index (χ3n) is 2.91. The van der Waals surface area contributed by atoms with E-state index in [1.54, 1.807) is 11.3 Å². The topological polar surface area (TPSA) is 49.8 Å². The first kappa shape index (κ1) is 14.8. The molecule has 0 amide bonds. The molecule has 0 aliphatic rings. The summed E-state index contributed by atoms with van der Waals surface area (Å²) in [6, 6.07) is 6.19. The van der Waals surface area contributed by atoms with Crippen molar-refractivity contribution in [3.05, 3.63) is 34.3 Å². The number of nitrogens with one attached hydrogen (secondary N) is 2. The van der Waals surface area contributed by atoms with Crippen LogP contribution in [0.3, 0.4) is 0 Å². The number of hydrogen-bond donors (Lipinski definition) is 2. The summed E-state index contributed by atoms with van der Waals surface area (Å²) in [5.41, 5.74) is -0.0585. The maximum absolute atomic E-state index is 4.61. The van der Waals surface area contributed by atoms with E-state index in [1.165, 1.54) is 4.88 Å². The van der Waals surface area contributed by atoms with Crippen LogP contribution in [0.2, 0.25) is 0 Å². The largest absolute Gasteiger partial charge is 0.373 e. The summed E-state index contributed by atoms with van der Waals surface area (Å²) in [7, 11) is 1.88. The SMILES string of the molecule is CNc1cc(NCCc2cccs2)nc(C(C)(C)C)n1. The quantitative estimate of drug-likeness (QED) is 0.884. The summed E-state index contributed by atoms with van der Waals surface area (Å²) < 4.78 is 0. The van der Waals surface area contributed by atoms with Crippen LogP contribution in [0.1, 0.15) is 31.5 Å². The highest BCUT2D eigenvalue weighted by Gasteiger charge is 2.18. The molecule has 2 rings (SSSR count). The molecule has 5 heteroatoms. The van der Waals surface area contributed by atoms with Crippen molar-refractivity contribution >= 4 is 23.0 Å². The number of hydrogen-bond acceptors (Lipinski definition) is 5. The van der Waals surface area contributed by atoms with Crippen LogP contribution in [-0.4, -0.2) is 23.6 Å². The van der Waals surface area contributed by atoms with E-state index in [2.05, 4.69) is 58.9 Å². The molecule has 20 heavy (non-hydrogen) atoms. The van der Waals surface area contributed by atoms with Gasteiger partial charge >= 0.3 is 0 Å². The van der Waals surface area contributed by atoms with Gasteiger partial charge in [0.05, 0.1) is 0 Å². The van der Waals surface area contributed by atoms with Crippen LogP contribution in [0.5, 0.6) is 0 Å². The minimum atomic E-state index is -0.0585. The van der Waals surface area contributed by atoms with Crippen LogP contribution in [0, 0.1) is 0 Å². The maximum Gasteiger partial charge on any atom is 0.138 e. The summed E-state index contributed by atoms with van der Waals surface area (Å²) in [6.45, 7) is 7.25. The number of aromatic nitrogens is 2. The molecular weight excluding hydrogens is 268 g/mol. The molecule has 0 aromatic carbocycles. The predicted molar refractivity (Wildman–Crippen MR) is 86.8 cm³/mol. The lowest BCUT2D eigenvalue weighted by Gasteiger charge is -2.18. The highest BCUT2D eigenvalue weighted by Crippen LogP contribution is 2.22. The van der Waals surface area contributed by atoms with E-state index in [0.717, 1.165) is 30.4 Å². The monoisotopic (exact) mass is 290 g/mol. The molecule has 0 spiro atoms. The first-order valence-corrected chi connectivity index (χ1v) is 7.70. The van der Waals surface area contributed by atoms with E-state index in [9.17, 15) is 0 Å². The van der Waals surface area contributed by atoms with Gasteiger partial charge in [-0.25, -0.2) is 9.97 Å². The van der Waals surface area contributed by atoms with Crippen molar-refractivity contribution in [1.29, 1.82) is 0 Å². The fourth-order valence-corrected chi connectivity index (χ4v) is 2.48. The fraction of sp³-hybridized carbons (Fsp3) is 0.467. The standard InChI is InChI=1S/C15H22N4S/c1-15(2,3)14-18-12(16-4)10-13(19-14)17-8-7-11-6-5-9-20-11/h5-6,9-10H,7-8H2,1-4H3,(H2,16,17,18,19). The predicted octanol–water partition coefficient (Wildman–Crippen LogP) is 3.53. The average molecular weight is 290 g/mol. The van der Waals surface area contributed by atoms with E-state index in [0.29, 0.717) is 0 Å². The Bertz CT molecular complexity index is 543. The summed E-state index contributed by atoms with van der Waals surface area (Å²) in [6.07, 6.45) is 1.02. The third-order valence-corrected chi connectivity index (χ3v) is 3.85. The highest BCUT2D eigenvalue weighted by molar-refractivity contribution is 7.09. The lowest BCUT2D eigenvalue weighted by molar-refractivity contribution is 0.546. The van der Waals surface area contributed by atoms with Gasteiger partial charge in [0, 0.05) is 30.0 Å². The Morgan fingerprint density at radius 2 is 1.95 bits per heavy atom. The molecule has 0 unspecified atom stereocenters. The van der Waals surface area contributed by atoms with Crippen molar-refractivity contribution in [3.63, 3.8) is 0 Å². The summed E-state index contributed by atoms with van der Waals surface area (Å²) in [4.78, 5) is 10.5. The van der Waals surface area contributed by atoms with Crippen molar-refractivity contribution in [2.45, 2.75) is 32.6 Å². The van der Waals surface area contributed by atoms with E-state index in [1.807, 2.05) is 13.1 Å². The van der Waals surface area contributed by atoms with Gasteiger partial charge < -0.3 is 10.6 Å². The Morgan fingerprint density at radius 1 is 1.20 bits per heavy atom. The number of thiophene rings is 1. The second-order valence-corrected chi connectivity index (χ2v) is 6.75. The van der Waals surface area contributed by atoms with Crippen LogP contribution in [0.25, 0.3) is 0 Å². The summed E-state index contributed by atoms with van der Waals surface area (Å²) in [5.74, 6) is 2.58. The molecule has 2 heterocycles. The van der Waals surface area contributed by atoms with E-state index < -0.39 is 0 Å². The van der Waals surface area contributed by atoms with Crippen LogP contribution < -0.4 is 10.6 Å². The van der Waals surface area contributed by atoms with Gasteiger partial charge in [0.15, 0.2) is 0 Å². The van der Waals surface area contributed by atoms with Gasteiger partial charge in [0.2, 0.25) is 0 Å². The first-order valence-electron chi connectivity index (χ1n) is 6.82. The number of anilines is 2. The molecule has 0 radical (unpaired) electrons. The van der Waals surface area contributed by atoms with E-state index >= 15 is 0 Å². The van der Waals surface area contributed by atoms with Gasteiger partial charge in [-0.3, -0.25) is 0 Å². The van der Waals surface area contributed by atoms with Crippen molar-refractivity contribution in [3.8, 4) is 0 Å². The number of nitrogens with zero attached hydrogens (tertiary/aromatic N) is 2. The Kier molecular flexibility index (Phi) is 4.60. The molecule has 0 saturated heterocycles. The van der Waals surface area contributed by atoms with Gasteiger partial charge in [-0.15, -0.1) is 11.3 Å². The minimum absolute atomic E-state index is 0.0585. The third kappa shape index (κ3) is 3.93. The molecular formula is C15H22N4S. The Hall–Kier alpha value is -1.62. The van der Waals surface area contributed by atoms with Crippen molar-refractivity contribution in [2.24, 2.45) is 0 Å². The van der Waals surface area contributed by atoms with Gasteiger partial charge in [0.1, 0.15) is 17.5 Å². The second-order valence-electron chi connectivity index (χ2n) is 5.72. The second kappa shape index (κ2) is 6.22. The molecule has 2 aromatic heterocycles. The van der Waals surface area contributed by atoms with Crippen LogP contribution >= 0.6 is 11.3 Å². The van der Waals surface area contributed by atoms with Crippen molar-refractivity contribution in [1.82, 2.24) is 9.97 Å². The lowest BCUT2D eigenvalue weighted by Crippen LogP contribution is -2.18. The first-order chi connectivity index (χ1) is 9.49. The molecule has 2 aromatic rings. The Balaban J connectivity index is 2.06. The van der Waals surface area contributed by atoms with E-state index in [4.69, 9.17) is 0 Å². The zero-order valence-electron chi connectivity index (χ0n) is 12.5. The van der Waals surface area contributed by atoms with Gasteiger partial charge in [-0.2, -0.15) is 0 Å². The average Bonchev–Trinajstić information content (AvgIpc) is 2.90. The number of rotatable bonds is 5. The minimum Gasteiger partial charge on any atom is -0.373 e. The zero-order chi connectivity index (χ0) is 14.6. The van der Waals surface area contributed by atoms with Crippen LogP contribution in [0.15, 0.2) is 23.6 Å². The molecule has 0 aliphatic heterocycles. The van der Waals surface area contributed by atoms with Crippen LogP contribution in [0.4, 0.5) is 11.6 Å².